The molecule has 18 heavy (non-hydrogen) atoms. The zero-order valence-electron chi connectivity index (χ0n) is 11.7. The zero-order chi connectivity index (χ0) is 12.4. The summed E-state index contributed by atoms with van der Waals surface area (Å²) in [6.07, 6.45) is 9.69. The van der Waals surface area contributed by atoms with Crippen LogP contribution in [-0.4, -0.2) is 48.8 Å². The fraction of sp³-hybridized carbons (Fsp3) is 1.00. The summed E-state index contributed by atoms with van der Waals surface area (Å²) in [5.74, 6) is 0. The summed E-state index contributed by atoms with van der Waals surface area (Å²) in [5.41, 5.74) is 0. The van der Waals surface area contributed by atoms with Crippen LogP contribution in [0.2, 0.25) is 0 Å². The van der Waals surface area contributed by atoms with E-state index in [-0.39, 0.29) is 0 Å². The van der Waals surface area contributed by atoms with E-state index < -0.39 is 0 Å². The SMILES string of the molecule is CCC1CC(NC2CCN3CCCC3C2)CCO1. The quantitative estimate of drug-likeness (QED) is 0.833. The molecule has 0 amide bonds. The van der Waals surface area contributed by atoms with Crippen molar-refractivity contribution in [2.75, 3.05) is 19.7 Å². The van der Waals surface area contributed by atoms with Gasteiger partial charge in [0.25, 0.3) is 0 Å². The molecule has 4 unspecified atom stereocenters. The molecule has 0 spiro atoms. The topological polar surface area (TPSA) is 24.5 Å². The van der Waals surface area contributed by atoms with E-state index in [1.165, 1.54) is 58.0 Å². The molecular formula is C15H28N2O. The van der Waals surface area contributed by atoms with Gasteiger partial charge in [-0.2, -0.15) is 0 Å². The molecular weight excluding hydrogens is 224 g/mol. The Labute approximate surface area is 111 Å². The van der Waals surface area contributed by atoms with E-state index >= 15 is 0 Å². The Morgan fingerprint density at radius 2 is 2.00 bits per heavy atom. The second-order valence-corrected chi connectivity index (χ2v) is 6.34. The monoisotopic (exact) mass is 252 g/mol. The lowest BCUT2D eigenvalue weighted by Crippen LogP contribution is -2.50. The van der Waals surface area contributed by atoms with Crippen molar-refractivity contribution in [3.63, 3.8) is 0 Å². The van der Waals surface area contributed by atoms with Crippen LogP contribution in [0.4, 0.5) is 0 Å². The van der Waals surface area contributed by atoms with E-state index in [9.17, 15) is 0 Å². The zero-order valence-corrected chi connectivity index (χ0v) is 11.7. The van der Waals surface area contributed by atoms with Crippen molar-refractivity contribution in [1.82, 2.24) is 10.2 Å². The van der Waals surface area contributed by atoms with Gasteiger partial charge in [0, 0.05) is 24.7 Å². The molecule has 4 atom stereocenters. The minimum atomic E-state index is 0.503. The lowest BCUT2D eigenvalue weighted by molar-refractivity contribution is -0.00407. The molecule has 3 aliphatic rings. The fourth-order valence-corrected chi connectivity index (χ4v) is 4.03. The Bertz CT molecular complexity index is 271. The molecule has 0 bridgehead atoms. The molecule has 0 aromatic heterocycles. The Balaban J connectivity index is 1.47. The van der Waals surface area contributed by atoms with Gasteiger partial charge in [0.15, 0.2) is 0 Å². The van der Waals surface area contributed by atoms with Crippen molar-refractivity contribution in [3.05, 3.63) is 0 Å². The van der Waals surface area contributed by atoms with Crippen LogP contribution in [0.25, 0.3) is 0 Å². The molecule has 3 heterocycles. The van der Waals surface area contributed by atoms with Crippen molar-refractivity contribution in [2.45, 2.75) is 76.1 Å². The maximum atomic E-state index is 5.77. The standard InChI is InChI=1S/C15H28N2O/c1-2-15-11-13(6-9-18-15)16-12-5-8-17-7-3-4-14(17)10-12/h12-16H,2-11H2,1H3. The van der Waals surface area contributed by atoms with Gasteiger partial charge in [0.2, 0.25) is 0 Å². The third-order valence-corrected chi connectivity index (χ3v) is 5.11. The van der Waals surface area contributed by atoms with E-state index in [2.05, 4.69) is 17.1 Å². The lowest BCUT2D eigenvalue weighted by atomic mass is 9.94. The van der Waals surface area contributed by atoms with Crippen molar-refractivity contribution in [2.24, 2.45) is 0 Å². The van der Waals surface area contributed by atoms with Crippen molar-refractivity contribution < 1.29 is 4.74 Å². The van der Waals surface area contributed by atoms with Crippen molar-refractivity contribution in [3.8, 4) is 0 Å². The molecule has 3 fully saturated rings. The van der Waals surface area contributed by atoms with Gasteiger partial charge >= 0.3 is 0 Å². The largest absolute Gasteiger partial charge is 0.378 e. The third-order valence-electron chi connectivity index (χ3n) is 5.11. The molecule has 104 valence electrons. The number of rotatable bonds is 3. The van der Waals surface area contributed by atoms with Crippen LogP contribution < -0.4 is 5.32 Å². The Kier molecular flexibility index (Phi) is 4.22. The lowest BCUT2D eigenvalue weighted by Gasteiger charge is -2.39. The normalized spacial score (nSPS) is 41.8. The number of piperidine rings is 1. The van der Waals surface area contributed by atoms with E-state index in [1.54, 1.807) is 0 Å². The molecule has 3 rings (SSSR count). The van der Waals surface area contributed by atoms with Gasteiger partial charge in [-0.3, -0.25) is 0 Å². The second-order valence-electron chi connectivity index (χ2n) is 6.34. The summed E-state index contributed by atoms with van der Waals surface area (Å²) in [6.45, 7) is 5.87. The maximum Gasteiger partial charge on any atom is 0.0587 e. The van der Waals surface area contributed by atoms with E-state index in [0.717, 1.165) is 18.7 Å². The Morgan fingerprint density at radius 3 is 2.89 bits per heavy atom. The van der Waals surface area contributed by atoms with Gasteiger partial charge in [0.05, 0.1) is 6.10 Å². The molecule has 3 nitrogen and oxygen atoms in total. The van der Waals surface area contributed by atoms with Crippen LogP contribution in [0.1, 0.15) is 51.9 Å². The summed E-state index contributed by atoms with van der Waals surface area (Å²) in [5, 5.41) is 3.93. The fourth-order valence-electron chi connectivity index (χ4n) is 4.03. The van der Waals surface area contributed by atoms with Crippen LogP contribution in [-0.2, 0) is 4.74 Å². The molecule has 0 aliphatic carbocycles. The molecule has 3 heteroatoms. The van der Waals surface area contributed by atoms with Gasteiger partial charge in [-0.1, -0.05) is 6.92 Å². The van der Waals surface area contributed by atoms with Gasteiger partial charge in [-0.25, -0.2) is 0 Å². The summed E-state index contributed by atoms with van der Waals surface area (Å²) in [6, 6.07) is 2.37. The highest BCUT2D eigenvalue weighted by molar-refractivity contribution is 4.91. The number of fused-ring (bicyclic) bond motifs is 1. The summed E-state index contributed by atoms with van der Waals surface area (Å²) < 4.78 is 5.77. The highest BCUT2D eigenvalue weighted by Crippen LogP contribution is 2.28. The number of nitrogens with zero attached hydrogens (tertiary/aromatic N) is 1. The van der Waals surface area contributed by atoms with Crippen LogP contribution in [0, 0.1) is 0 Å². The third kappa shape index (κ3) is 2.89. The first-order chi connectivity index (χ1) is 8.85. The number of hydrogen-bond donors (Lipinski definition) is 1. The number of nitrogens with one attached hydrogen (secondary N) is 1. The Hall–Kier alpha value is -0.120. The molecule has 0 radical (unpaired) electrons. The van der Waals surface area contributed by atoms with Gasteiger partial charge in [-0.15, -0.1) is 0 Å². The summed E-state index contributed by atoms with van der Waals surface area (Å²) in [4.78, 5) is 2.71. The van der Waals surface area contributed by atoms with Crippen LogP contribution in [0.3, 0.4) is 0 Å². The first-order valence-corrected chi connectivity index (χ1v) is 7.97. The molecule has 1 N–H and O–H groups in total. The first-order valence-electron chi connectivity index (χ1n) is 7.97. The van der Waals surface area contributed by atoms with Gasteiger partial charge in [0.1, 0.15) is 0 Å². The number of ether oxygens (including phenoxy) is 1. The van der Waals surface area contributed by atoms with E-state index in [1.807, 2.05) is 0 Å². The smallest absolute Gasteiger partial charge is 0.0587 e. The van der Waals surface area contributed by atoms with Crippen LogP contribution in [0.15, 0.2) is 0 Å². The predicted octanol–water partition coefficient (Wildman–Crippen LogP) is 2.16. The second kappa shape index (κ2) is 5.89. The summed E-state index contributed by atoms with van der Waals surface area (Å²) >= 11 is 0. The van der Waals surface area contributed by atoms with Crippen molar-refractivity contribution in [1.29, 1.82) is 0 Å². The van der Waals surface area contributed by atoms with Gasteiger partial charge < -0.3 is 15.0 Å². The highest BCUT2D eigenvalue weighted by Gasteiger charge is 2.33. The molecule has 0 aromatic rings. The van der Waals surface area contributed by atoms with E-state index in [0.29, 0.717) is 12.1 Å². The molecule has 0 aromatic carbocycles. The minimum Gasteiger partial charge on any atom is -0.378 e. The van der Waals surface area contributed by atoms with E-state index in [4.69, 9.17) is 4.74 Å². The average molecular weight is 252 g/mol. The molecule has 3 saturated heterocycles. The maximum absolute atomic E-state index is 5.77. The summed E-state index contributed by atoms with van der Waals surface area (Å²) in [7, 11) is 0. The van der Waals surface area contributed by atoms with Crippen molar-refractivity contribution >= 4 is 0 Å². The Morgan fingerprint density at radius 1 is 1.11 bits per heavy atom. The predicted molar refractivity (Wildman–Crippen MR) is 73.8 cm³/mol. The average Bonchev–Trinajstić information content (AvgIpc) is 2.86. The van der Waals surface area contributed by atoms with Crippen LogP contribution >= 0.6 is 0 Å². The molecule has 0 saturated carbocycles. The van der Waals surface area contributed by atoms with Crippen LogP contribution in [0.5, 0.6) is 0 Å². The van der Waals surface area contributed by atoms with Gasteiger partial charge in [-0.05, 0) is 58.0 Å². The highest BCUT2D eigenvalue weighted by atomic mass is 16.5. The number of hydrogen-bond acceptors (Lipinski definition) is 3. The molecule has 3 aliphatic heterocycles. The minimum absolute atomic E-state index is 0.503. The first kappa shape index (κ1) is 12.9.